The highest BCUT2D eigenvalue weighted by molar-refractivity contribution is 6.35. The predicted octanol–water partition coefficient (Wildman–Crippen LogP) is 5.26. The number of nitriles is 1. The van der Waals surface area contributed by atoms with Crippen molar-refractivity contribution in [1.29, 1.82) is 5.26 Å². The van der Waals surface area contributed by atoms with Gasteiger partial charge in [0.15, 0.2) is 0 Å². The van der Waals surface area contributed by atoms with Gasteiger partial charge in [0, 0.05) is 16.9 Å². The van der Waals surface area contributed by atoms with E-state index >= 15 is 0 Å². The minimum atomic E-state index is -0.356. The van der Waals surface area contributed by atoms with Crippen LogP contribution in [0.5, 0.6) is 0 Å². The van der Waals surface area contributed by atoms with Crippen molar-refractivity contribution in [2.75, 3.05) is 10.6 Å². The highest BCUT2D eigenvalue weighted by atomic mass is 35.5. The Morgan fingerprint density at radius 1 is 1.00 bits per heavy atom. The number of hydrogen-bond donors (Lipinski definition) is 2. The number of benzene rings is 2. The number of aromatic nitrogens is 1. The lowest BCUT2D eigenvalue weighted by atomic mass is 10.2. The molecule has 3 rings (SSSR count). The van der Waals surface area contributed by atoms with Gasteiger partial charge in [-0.15, -0.1) is 0 Å². The number of carbonyl (C=O) groups is 1. The van der Waals surface area contributed by atoms with Crippen molar-refractivity contribution >= 4 is 46.2 Å². The number of pyridine rings is 1. The molecule has 0 aliphatic carbocycles. The van der Waals surface area contributed by atoms with Gasteiger partial charge in [-0.05, 0) is 48.5 Å². The summed E-state index contributed by atoms with van der Waals surface area (Å²) in [5, 5.41) is 15.5. The normalized spacial score (nSPS) is 10.0. The van der Waals surface area contributed by atoms with E-state index in [-0.39, 0.29) is 5.91 Å². The Morgan fingerprint density at radius 3 is 2.50 bits per heavy atom. The van der Waals surface area contributed by atoms with Gasteiger partial charge in [-0.1, -0.05) is 23.2 Å². The lowest BCUT2D eigenvalue weighted by Crippen LogP contribution is -2.12. The second kappa shape index (κ2) is 7.87. The third kappa shape index (κ3) is 4.31. The van der Waals surface area contributed by atoms with Crippen LogP contribution in [0.1, 0.15) is 15.9 Å². The van der Waals surface area contributed by atoms with E-state index in [1.807, 2.05) is 0 Å². The molecule has 3 aromatic rings. The summed E-state index contributed by atoms with van der Waals surface area (Å²) < 4.78 is 0. The van der Waals surface area contributed by atoms with Crippen molar-refractivity contribution in [2.45, 2.75) is 0 Å². The van der Waals surface area contributed by atoms with E-state index in [1.54, 1.807) is 54.7 Å². The lowest BCUT2D eigenvalue weighted by Gasteiger charge is -2.10. The summed E-state index contributed by atoms with van der Waals surface area (Å²) in [5.74, 6) is -0.356. The Hall–Kier alpha value is -3.07. The molecule has 0 aliphatic heterocycles. The summed E-state index contributed by atoms with van der Waals surface area (Å²) in [6.07, 6.45) is 3.05. The first kappa shape index (κ1) is 17.7. The summed E-state index contributed by atoms with van der Waals surface area (Å²) in [7, 11) is 0. The van der Waals surface area contributed by atoms with Crippen molar-refractivity contribution in [3.8, 4) is 6.07 Å². The number of rotatable bonds is 4. The third-order valence-corrected chi connectivity index (χ3v) is 4.04. The van der Waals surface area contributed by atoms with E-state index in [9.17, 15) is 4.79 Å². The maximum Gasteiger partial charge on any atom is 0.257 e. The zero-order valence-electron chi connectivity index (χ0n) is 13.3. The Kier molecular flexibility index (Phi) is 5.37. The summed E-state index contributed by atoms with van der Waals surface area (Å²) in [5.41, 5.74) is 2.77. The first-order chi connectivity index (χ1) is 12.5. The van der Waals surface area contributed by atoms with Crippen molar-refractivity contribution < 1.29 is 4.79 Å². The highest BCUT2D eigenvalue weighted by Crippen LogP contribution is 2.26. The Morgan fingerprint density at radius 2 is 1.77 bits per heavy atom. The lowest BCUT2D eigenvalue weighted by molar-refractivity contribution is 0.102. The van der Waals surface area contributed by atoms with Crippen molar-refractivity contribution in [1.82, 2.24) is 4.98 Å². The number of amides is 1. The van der Waals surface area contributed by atoms with Crippen LogP contribution in [0, 0.1) is 11.3 Å². The fraction of sp³-hybridized carbons (Fsp3) is 0. The number of nitrogens with one attached hydrogen (secondary N) is 2. The molecule has 2 aromatic carbocycles. The van der Waals surface area contributed by atoms with Crippen LogP contribution >= 0.6 is 23.2 Å². The van der Waals surface area contributed by atoms with E-state index in [4.69, 9.17) is 28.5 Å². The maximum absolute atomic E-state index is 12.4. The Balaban J connectivity index is 1.76. The molecule has 2 N–H and O–H groups in total. The summed E-state index contributed by atoms with van der Waals surface area (Å²) in [6, 6.07) is 15.5. The maximum atomic E-state index is 12.4. The van der Waals surface area contributed by atoms with Crippen LogP contribution in [0.25, 0.3) is 0 Å². The van der Waals surface area contributed by atoms with Crippen molar-refractivity contribution in [3.05, 3.63) is 82.1 Å². The SMILES string of the molecule is N#Cc1ccc(Nc2cncc(C(=O)Nc3cc(Cl)ccc3Cl)c2)cc1. The molecule has 0 spiro atoms. The Bertz CT molecular complexity index is 997. The van der Waals surface area contributed by atoms with Gasteiger partial charge in [0.1, 0.15) is 0 Å². The molecule has 1 amide bonds. The quantitative estimate of drug-likeness (QED) is 0.645. The highest BCUT2D eigenvalue weighted by Gasteiger charge is 2.10. The minimum Gasteiger partial charge on any atom is -0.354 e. The molecule has 7 heteroatoms. The van der Waals surface area contributed by atoms with Crippen LogP contribution in [0.15, 0.2) is 60.9 Å². The zero-order valence-corrected chi connectivity index (χ0v) is 14.8. The summed E-state index contributed by atoms with van der Waals surface area (Å²) in [4.78, 5) is 16.5. The van der Waals surface area contributed by atoms with E-state index in [0.29, 0.717) is 32.5 Å². The molecule has 0 bridgehead atoms. The van der Waals surface area contributed by atoms with Crippen molar-refractivity contribution in [3.63, 3.8) is 0 Å². The van der Waals surface area contributed by atoms with Gasteiger partial charge in [-0.25, -0.2) is 0 Å². The van der Waals surface area contributed by atoms with Gasteiger partial charge in [0.2, 0.25) is 0 Å². The fourth-order valence-electron chi connectivity index (χ4n) is 2.22. The predicted molar refractivity (Wildman–Crippen MR) is 103 cm³/mol. The van der Waals surface area contributed by atoms with Gasteiger partial charge < -0.3 is 10.6 Å². The molecule has 0 atom stereocenters. The summed E-state index contributed by atoms with van der Waals surface area (Å²) in [6.45, 7) is 0. The average molecular weight is 383 g/mol. The molecule has 128 valence electrons. The molecule has 1 aromatic heterocycles. The number of anilines is 3. The average Bonchev–Trinajstić information content (AvgIpc) is 2.65. The standard InChI is InChI=1S/C19H12Cl2N4O/c20-14-3-6-17(21)18(8-14)25-19(26)13-7-16(11-23-10-13)24-15-4-1-12(9-22)2-5-15/h1-8,10-11,24H,(H,25,26). The van der Waals surface area contributed by atoms with Gasteiger partial charge >= 0.3 is 0 Å². The number of halogens is 2. The minimum absolute atomic E-state index is 0.356. The molecule has 0 radical (unpaired) electrons. The third-order valence-electron chi connectivity index (χ3n) is 3.48. The van der Waals surface area contributed by atoms with Crippen LogP contribution in [0.3, 0.4) is 0 Å². The van der Waals surface area contributed by atoms with Crippen LogP contribution in [-0.4, -0.2) is 10.9 Å². The van der Waals surface area contributed by atoms with Crippen LogP contribution < -0.4 is 10.6 Å². The molecule has 0 unspecified atom stereocenters. The van der Waals surface area contributed by atoms with Gasteiger partial charge in [-0.3, -0.25) is 9.78 Å². The molecular weight excluding hydrogens is 371 g/mol. The topological polar surface area (TPSA) is 77.8 Å². The smallest absolute Gasteiger partial charge is 0.257 e. The molecule has 0 aliphatic rings. The van der Waals surface area contributed by atoms with Gasteiger partial charge in [-0.2, -0.15) is 5.26 Å². The van der Waals surface area contributed by atoms with Gasteiger partial charge in [0.25, 0.3) is 5.91 Å². The van der Waals surface area contributed by atoms with Gasteiger partial charge in [0.05, 0.1) is 39.8 Å². The van der Waals surface area contributed by atoms with Crippen LogP contribution in [0.4, 0.5) is 17.1 Å². The first-order valence-electron chi connectivity index (χ1n) is 7.54. The van der Waals surface area contributed by atoms with Crippen LogP contribution in [0.2, 0.25) is 10.0 Å². The second-order valence-electron chi connectivity index (χ2n) is 5.35. The Labute approximate surface area is 160 Å². The number of hydrogen-bond acceptors (Lipinski definition) is 4. The molecule has 5 nitrogen and oxygen atoms in total. The van der Waals surface area contributed by atoms with E-state index in [1.165, 1.54) is 6.20 Å². The first-order valence-corrected chi connectivity index (χ1v) is 8.29. The molecule has 26 heavy (non-hydrogen) atoms. The fourth-order valence-corrected chi connectivity index (χ4v) is 2.55. The largest absolute Gasteiger partial charge is 0.354 e. The van der Waals surface area contributed by atoms with E-state index in [0.717, 1.165) is 5.69 Å². The molecule has 0 saturated heterocycles. The molecule has 0 saturated carbocycles. The van der Waals surface area contributed by atoms with Crippen LogP contribution in [-0.2, 0) is 0 Å². The summed E-state index contributed by atoms with van der Waals surface area (Å²) >= 11 is 12.0. The number of carbonyl (C=O) groups excluding carboxylic acids is 1. The van der Waals surface area contributed by atoms with E-state index < -0.39 is 0 Å². The zero-order chi connectivity index (χ0) is 18.5. The number of nitrogens with zero attached hydrogens (tertiary/aromatic N) is 2. The van der Waals surface area contributed by atoms with Crippen molar-refractivity contribution in [2.24, 2.45) is 0 Å². The molecular formula is C19H12Cl2N4O. The second-order valence-corrected chi connectivity index (χ2v) is 6.20. The monoisotopic (exact) mass is 382 g/mol. The molecule has 0 fully saturated rings. The molecule has 1 heterocycles. The van der Waals surface area contributed by atoms with E-state index in [2.05, 4.69) is 21.7 Å².